The van der Waals surface area contributed by atoms with Crippen LogP contribution in [0.1, 0.15) is 31.5 Å². The van der Waals surface area contributed by atoms with Crippen LogP contribution < -0.4 is 15.8 Å². The maximum absolute atomic E-state index is 12.1. The van der Waals surface area contributed by atoms with Crippen molar-refractivity contribution >= 4 is 53.4 Å². The van der Waals surface area contributed by atoms with Gasteiger partial charge in [-0.05, 0) is 12.1 Å². The van der Waals surface area contributed by atoms with E-state index in [1.807, 2.05) is 5.38 Å². The summed E-state index contributed by atoms with van der Waals surface area (Å²) in [6.45, 7) is 6.31. The third kappa shape index (κ3) is 5.85. The second kappa shape index (κ2) is 9.11. The van der Waals surface area contributed by atoms with E-state index >= 15 is 0 Å². The van der Waals surface area contributed by atoms with Crippen molar-refractivity contribution < 1.29 is 9.53 Å². The van der Waals surface area contributed by atoms with E-state index in [-0.39, 0.29) is 42.6 Å². The predicted molar refractivity (Wildman–Crippen MR) is 105 cm³/mol. The van der Waals surface area contributed by atoms with Crippen LogP contribution in [0.4, 0.5) is 11.4 Å². The lowest BCUT2D eigenvalue weighted by molar-refractivity contribution is -0.115. The molecule has 0 spiro atoms. The Morgan fingerprint density at radius 2 is 2.00 bits per heavy atom. The Hall–Kier alpha value is -1.50. The zero-order valence-corrected chi connectivity index (χ0v) is 16.5. The molecule has 0 aliphatic carbocycles. The van der Waals surface area contributed by atoms with Crippen LogP contribution in [0.5, 0.6) is 5.75 Å². The number of anilines is 2. The van der Waals surface area contributed by atoms with Gasteiger partial charge >= 0.3 is 0 Å². The lowest BCUT2D eigenvalue weighted by Crippen LogP contribution is -2.16. The first-order chi connectivity index (χ1) is 10.3. The number of nitrogens with one attached hydrogen (secondary N) is 1. The molecule has 1 amide bonds. The van der Waals surface area contributed by atoms with Gasteiger partial charge in [-0.15, -0.1) is 36.2 Å². The predicted octanol–water partition coefficient (Wildman–Crippen LogP) is 4.06. The zero-order chi connectivity index (χ0) is 16.3. The number of ether oxygens (including phenoxy) is 1. The molecule has 1 aromatic carbocycles. The Kier molecular flexibility index (Phi) is 8.54. The van der Waals surface area contributed by atoms with E-state index in [2.05, 4.69) is 31.1 Å². The molecular weight excluding hydrogens is 369 g/mol. The largest absolute Gasteiger partial charge is 0.497 e. The quantitative estimate of drug-likeness (QED) is 0.770. The molecule has 0 unspecified atom stereocenters. The Labute approximate surface area is 158 Å². The number of thiazole rings is 1. The van der Waals surface area contributed by atoms with Crippen LogP contribution in [-0.2, 0) is 16.6 Å². The molecule has 0 fully saturated rings. The number of halogens is 2. The summed E-state index contributed by atoms with van der Waals surface area (Å²) in [4.78, 5) is 16.7. The molecule has 0 bridgehead atoms. The highest BCUT2D eigenvalue weighted by atomic mass is 35.5. The molecule has 0 aliphatic heterocycles. The highest BCUT2D eigenvalue weighted by Gasteiger charge is 2.19. The van der Waals surface area contributed by atoms with Gasteiger partial charge in [0.2, 0.25) is 5.91 Å². The first kappa shape index (κ1) is 22.5. The Morgan fingerprint density at radius 3 is 2.54 bits per heavy atom. The molecule has 0 saturated carbocycles. The average molecular weight is 392 g/mol. The van der Waals surface area contributed by atoms with Gasteiger partial charge in [0.15, 0.2) is 0 Å². The van der Waals surface area contributed by atoms with Gasteiger partial charge in [0.05, 0.1) is 35.6 Å². The van der Waals surface area contributed by atoms with Crippen LogP contribution >= 0.6 is 36.2 Å². The molecule has 1 heterocycles. The number of benzene rings is 1. The minimum Gasteiger partial charge on any atom is -0.497 e. The molecule has 8 heteroatoms. The second-order valence-corrected chi connectivity index (χ2v) is 6.93. The first-order valence-corrected chi connectivity index (χ1v) is 7.86. The van der Waals surface area contributed by atoms with E-state index < -0.39 is 0 Å². The van der Waals surface area contributed by atoms with Crippen LogP contribution in [0.2, 0.25) is 0 Å². The SMILES string of the molecule is COc1ccc(N)c(NC(=O)Cc2csc(C(C)(C)C)n2)c1.Cl.Cl. The van der Waals surface area contributed by atoms with Crippen LogP contribution in [-0.4, -0.2) is 18.0 Å². The molecule has 2 aromatic rings. The molecule has 0 radical (unpaired) electrons. The Balaban J connectivity index is 0.00000264. The second-order valence-electron chi connectivity index (χ2n) is 6.07. The summed E-state index contributed by atoms with van der Waals surface area (Å²) < 4.78 is 5.13. The molecule has 2 rings (SSSR count). The molecule has 24 heavy (non-hydrogen) atoms. The van der Waals surface area contributed by atoms with E-state index in [9.17, 15) is 4.79 Å². The molecule has 1 aromatic heterocycles. The van der Waals surface area contributed by atoms with Gasteiger partial charge in [0.25, 0.3) is 0 Å². The lowest BCUT2D eigenvalue weighted by Gasteiger charge is -2.13. The normalized spacial score (nSPS) is 10.3. The first-order valence-electron chi connectivity index (χ1n) is 6.98. The molecule has 0 saturated heterocycles. The number of hydrogen-bond donors (Lipinski definition) is 2. The fourth-order valence-electron chi connectivity index (χ4n) is 1.86. The minimum atomic E-state index is -0.147. The van der Waals surface area contributed by atoms with Gasteiger partial charge in [-0.3, -0.25) is 4.79 Å². The summed E-state index contributed by atoms with van der Waals surface area (Å²) in [6.07, 6.45) is 0.225. The number of rotatable bonds is 4. The van der Waals surface area contributed by atoms with Crippen molar-refractivity contribution in [2.24, 2.45) is 0 Å². The number of carbonyl (C=O) groups is 1. The van der Waals surface area contributed by atoms with E-state index in [1.54, 1.807) is 36.6 Å². The summed E-state index contributed by atoms with van der Waals surface area (Å²) in [5.41, 5.74) is 7.69. The van der Waals surface area contributed by atoms with Crippen LogP contribution in [0.25, 0.3) is 0 Å². The van der Waals surface area contributed by atoms with E-state index in [0.29, 0.717) is 17.1 Å². The highest BCUT2D eigenvalue weighted by Crippen LogP contribution is 2.27. The summed E-state index contributed by atoms with van der Waals surface area (Å²) >= 11 is 1.58. The number of methoxy groups -OCH3 is 1. The van der Waals surface area contributed by atoms with E-state index in [4.69, 9.17) is 10.5 Å². The van der Waals surface area contributed by atoms with Crippen LogP contribution in [0, 0.1) is 0 Å². The number of aromatic nitrogens is 1. The zero-order valence-electron chi connectivity index (χ0n) is 14.1. The fraction of sp³-hybridized carbons (Fsp3) is 0.375. The van der Waals surface area contributed by atoms with Gasteiger partial charge in [0, 0.05) is 16.9 Å². The number of nitrogens with two attached hydrogens (primary N) is 1. The van der Waals surface area contributed by atoms with Crippen molar-refractivity contribution in [1.29, 1.82) is 0 Å². The highest BCUT2D eigenvalue weighted by molar-refractivity contribution is 7.09. The Bertz CT molecular complexity index is 684. The fourth-order valence-corrected chi connectivity index (χ4v) is 2.77. The van der Waals surface area contributed by atoms with Gasteiger partial charge in [-0.2, -0.15) is 0 Å². The molecule has 0 aliphatic rings. The van der Waals surface area contributed by atoms with Crippen molar-refractivity contribution in [3.8, 4) is 5.75 Å². The van der Waals surface area contributed by atoms with Gasteiger partial charge in [-0.1, -0.05) is 20.8 Å². The number of amides is 1. The Morgan fingerprint density at radius 1 is 1.33 bits per heavy atom. The molecule has 3 N–H and O–H groups in total. The molecule has 134 valence electrons. The summed E-state index contributed by atoms with van der Waals surface area (Å²) in [5.74, 6) is 0.499. The molecule has 0 atom stereocenters. The van der Waals surface area contributed by atoms with Crippen molar-refractivity contribution in [1.82, 2.24) is 4.98 Å². The maximum atomic E-state index is 12.1. The number of nitrogen functional groups attached to an aromatic ring is 1. The van der Waals surface area contributed by atoms with Gasteiger partial charge in [-0.25, -0.2) is 4.98 Å². The summed E-state index contributed by atoms with van der Waals surface area (Å²) in [5, 5.41) is 5.75. The smallest absolute Gasteiger partial charge is 0.230 e. The minimum absolute atomic E-state index is 0. The van der Waals surface area contributed by atoms with Crippen molar-refractivity contribution in [2.75, 3.05) is 18.2 Å². The third-order valence-electron chi connectivity index (χ3n) is 3.07. The monoisotopic (exact) mass is 391 g/mol. The maximum Gasteiger partial charge on any atom is 0.230 e. The summed E-state index contributed by atoms with van der Waals surface area (Å²) in [7, 11) is 1.57. The molecule has 5 nitrogen and oxygen atoms in total. The summed E-state index contributed by atoms with van der Waals surface area (Å²) in [6, 6.07) is 5.16. The van der Waals surface area contributed by atoms with E-state index in [1.165, 1.54) is 0 Å². The van der Waals surface area contributed by atoms with E-state index in [0.717, 1.165) is 10.7 Å². The van der Waals surface area contributed by atoms with Crippen molar-refractivity contribution in [3.05, 3.63) is 34.3 Å². The van der Waals surface area contributed by atoms with Crippen molar-refractivity contribution in [2.45, 2.75) is 32.6 Å². The van der Waals surface area contributed by atoms with Gasteiger partial charge < -0.3 is 15.8 Å². The van der Waals surface area contributed by atoms with Crippen molar-refractivity contribution in [3.63, 3.8) is 0 Å². The number of carbonyl (C=O) groups excluding carboxylic acids is 1. The lowest BCUT2D eigenvalue weighted by atomic mass is 9.98. The average Bonchev–Trinajstić information content (AvgIpc) is 2.89. The number of hydrogen-bond acceptors (Lipinski definition) is 5. The molecular formula is C16H23Cl2N3O2S. The standard InChI is InChI=1S/C16H21N3O2S.2ClH/c1-16(2,3)15-18-10(9-22-15)7-14(20)19-13-8-11(21-4)5-6-12(13)17;;/h5-6,8-9H,7,17H2,1-4H3,(H,19,20);2*1H. The van der Waals surface area contributed by atoms with Gasteiger partial charge in [0.1, 0.15) is 5.75 Å². The number of nitrogens with zero attached hydrogens (tertiary/aromatic N) is 1. The topological polar surface area (TPSA) is 77.2 Å². The third-order valence-corrected chi connectivity index (χ3v) is 4.39. The van der Waals surface area contributed by atoms with Crippen LogP contribution in [0.15, 0.2) is 23.6 Å². The van der Waals surface area contributed by atoms with Crippen LogP contribution in [0.3, 0.4) is 0 Å².